The number of hydrogen-bond donors (Lipinski definition) is 1. The summed E-state index contributed by atoms with van der Waals surface area (Å²) in [6.07, 6.45) is 0.204. The zero-order chi connectivity index (χ0) is 30.1. The molecule has 0 aliphatic heterocycles. The van der Waals surface area contributed by atoms with Crippen molar-refractivity contribution in [2.24, 2.45) is 0 Å². The molecule has 2 amide bonds. The van der Waals surface area contributed by atoms with E-state index in [9.17, 15) is 22.4 Å². The number of benzene rings is 4. The molecule has 0 aliphatic carbocycles. The smallest absolute Gasteiger partial charge is 0.264 e. The van der Waals surface area contributed by atoms with Crippen molar-refractivity contribution in [2.75, 3.05) is 17.4 Å². The van der Waals surface area contributed by atoms with Crippen molar-refractivity contribution in [2.45, 2.75) is 37.8 Å². The largest absolute Gasteiger partial charge is 0.355 e. The maximum absolute atomic E-state index is 14.3. The minimum Gasteiger partial charge on any atom is -0.355 e. The first-order chi connectivity index (χ1) is 20.2. The number of rotatable bonds is 12. The number of aryl methyl sites for hydroxylation is 1. The maximum atomic E-state index is 14.3. The van der Waals surface area contributed by atoms with Crippen molar-refractivity contribution in [3.63, 3.8) is 0 Å². The number of anilines is 1. The Morgan fingerprint density at radius 3 is 2.02 bits per heavy atom. The van der Waals surface area contributed by atoms with Gasteiger partial charge >= 0.3 is 0 Å². The molecule has 9 heteroatoms. The highest BCUT2D eigenvalue weighted by atomic mass is 32.2. The molecule has 0 fully saturated rings. The first-order valence-corrected chi connectivity index (χ1v) is 15.1. The summed E-state index contributed by atoms with van der Waals surface area (Å²) in [7, 11) is -4.16. The third-order valence-electron chi connectivity index (χ3n) is 6.88. The van der Waals surface area contributed by atoms with Crippen LogP contribution in [0.25, 0.3) is 0 Å². The molecule has 0 saturated carbocycles. The first-order valence-electron chi connectivity index (χ1n) is 13.7. The average molecular weight is 588 g/mol. The van der Waals surface area contributed by atoms with Gasteiger partial charge in [0.25, 0.3) is 10.0 Å². The fourth-order valence-corrected chi connectivity index (χ4v) is 6.21. The molecule has 0 unspecified atom stereocenters. The third kappa shape index (κ3) is 7.41. The second kappa shape index (κ2) is 13.9. The van der Waals surface area contributed by atoms with Gasteiger partial charge in [-0.05, 0) is 60.9 Å². The van der Waals surface area contributed by atoms with Gasteiger partial charge in [-0.2, -0.15) is 0 Å². The van der Waals surface area contributed by atoms with Crippen LogP contribution in [0.15, 0.2) is 114 Å². The molecule has 0 spiro atoms. The van der Waals surface area contributed by atoms with Gasteiger partial charge in [0.2, 0.25) is 11.8 Å². The van der Waals surface area contributed by atoms with Crippen LogP contribution in [0.4, 0.5) is 10.1 Å². The van der Waals surface area contributed by atoms with Gasteiger partial charge in [0.05, 0.1) is 10.6 Å². The summed E-state index contributed by atoms with van der Waals surface area (Å²) >= 11 is 0. The van der Waals surface area contributed by atoms with Crippen LogP contribution in [0, 0.1) is 12.7 Å². The molecule has 4 rings (SSSR count). The Balaban J connectivity index is 1.79. The van der Waals surface area contributed by atoms with Crippen molar-refractivity contribution in [1.29, 1.82) is 0 Å². The summed E-state index contributed by atoms with van der Waals surface area (Å²) in [6, 6.07) is 28.9. The number of amides is 2. The molecule has 42 heavy (non-hydrogen) atoms. The SMILES string of the molecule is CCNC(=O)[C@H](Cc1ccccc1)N(Cc1ccc(F)cc1)C(=O)CN(c1ccccc1C)S(=O)(=O)c1ccccc1. The molecule has 0 aromatic heterocycles. The standard InChI is InChI=1S/C33H34FN3O4S/c1-3-35-33(39)31(22-26-13-6-4-7-14-26)36(23-27-18-20-28(34)21-19-27)32(38)24-37(30-17-11-10-12-25(30)2)42(40,41)29-15-8-5-9-16-29/h4-21,31H,3,22-24H2,1-2H3,(H,35,39)/t31-/m0/s1. The highest BCUT2D eigenvalue weighted by molar-refractivity contribution is 7.92. The van der Waals surface area contributed by atoms with Gasteiger partial charge in [0.15, 0.2) is 0 Å². The lowest BCUT2D eigenvalue weighted by molar-refractivity contribution is -0.140. The molecule has 7 nitrogen and oxygen atoms in total. The Morgan fingerprint density at radius 1 is 0.810 bits per heavy atom. The van der Waals surface area contributed by atoms with Crippen LogP contribution >= 0.6 is 0 Å². The lowest BCUT2D eigenvalue weighted by atomic mass is 10.0. The summed E-state index contributed by atoms with van der Waals surface area (Å²) in [5, 5.41) is 2.82. The zero-order valence-corrected chi connectivity index (χ0v) is 24.4. The quantitative estimate of drug-likeness (QED) is 0.250. The lowest BCUT2D eigenvalue weighted by Gasteiger charge is -2.34. The summed E-state index contributed by atoms with van der Waals surface area (Å²) in [4.78, 5) is 29.2. The number of hydrogen-bond acceptors (Lipinski definition) is 4. The van der Waals surface area contributed by atoms with Gasteiger partial charge in [-0.15, -0.1) is 0 Å². The molecule has 4 aromatic rings. The number of carbonyl (C=O) groups excluding carboxylic acids is 2. The number of nitrogens with zero attached hydrogens (tertiary/aromatic N) is 2. The van der Waals surface area contributed by atoms with E-state index < -0.39 is 34.3 Å². The third-order valence-corrected chi connectivity index (χ3v) is 8.66. The Hall–Kier alpha value is -4.50. The summed E-state index contributed by atoms with van der Waals surface area (Å²) in [5.74, 6) is -1.37. The fraction of sp³-hybridized carbons (Fsp3) is 0.212. The van der Waals surface area contributed by atoms with Crippen LogP contribution in [0.5, 0.6) is 0 Å². The molecule has 0 bridgehead atoms. The highest BCUT2D eigenvalue weighted by Crippen LogP contribution is 2.27. The van der Waals surface area contributed by atoms with Crippen LogP contribution < -0.4 is 9.62 Å². The van der Waals surface area contributed by atoms with Crippen LogP contribution in [0.3, 0.4) is 0 Å². The Bertz CT molecular complexity index is 1600. The second-order valence-corrected chi connectivity index (χ2v) is 11.7. The molecular weight excluding hydrogens is 553 g/mol. The van der Waals surface area contributed by atoms with Crippen molar-refractivity contribution in [3.8, 4) is 0 Å². The molecule has 218 valence electrons. The number of nitrogens with one attached hydrogen (secondary N) is 1. The van der Waals surface area contributed by atoms with E-state index in [2.05, 4.69) is 5.32 Å². The number of sulfonamides is 1. The number of likely N-dealkylation sites (N-methyl/N-ethyl adjacent to an activating group) is 1. The van der Waals surface area contributed by atoms with Gasteiger partial charge < -0.3 is 10.2 Å². The molecule has 0 saturated heterocycles. The van der Waals surface area contributed by atoms with Crippen LogP contribution in [-0.2, 0) is 32.6 Å². The van der Waals surface area contributed by atoms with E-state index in [1.807, 2.05) is 30.3 Å². The Morgan fingerprint density at radius 2 is 1.40 bits per heavy atom. The predicted molar refractivity (Wildman–Crippen MR) is 162 cm³/mol. The van der Waals surface area contributed by atoms with Crippen LogP contribution in [-0.4, -0.2) is 44.3 Å². The van der Waals surface area contributed by atoms with Crippen molar-refractivity contribution < 1.29 is 22.4 Å². The van der Waals surface area contributed by atoms with E-state index >= 15 is 0 Å². The summed E-state index contributed by atoms with van der Waals surface area (Å²) in [5.41, 5.74) is 2.45. The summed E-state index contributed by atoms with van der Waals surface area (Å²) in [6.45, 7) is 3.33. The minimum absolute atomic E-state index is 0.0270. The number of carbonyl (C=O) groups is 2. The molecule has 1 atom stereocenters. The van der Waals surface area contributed by atoms with Crippen molar-refractivity contribution in [1.82, 2.24) is 10.2 Å². The average Bonchev–Trinajstić information content (AvgIpc) is 3.00. The molecule has 1 N–H and O–H groups in total. The Kier molecular flexibility index (Phi) is 10.1. The van der Waals surface area contributed by atoms with Crippen LogP contribution in [0.2, 0.25) is 0 Å². The van der Waals surface area contributed by atoms with Crippen molar-refractivity contribution in [3.05, 3.63) is 132 Å². The van der Waals surface area contributed by atoms with E-state index in [0.717, 1.165) is 9.87 Å². The Labute approximate surface area is 246 Å². The molecular formula is C33H34FN3O4S. The van der Waals surface area contributed by atoms with Gasteiger partial charge in [0.1, 0.15) is 18.4 Å². The van der Waals surface area contributed by atoms with E-state index in [4.69, 9.17) is 0 Å². The van der Waals surface area contributed by atoms with E-state index in [-0.39, 0.29) is 23.8 Å². The normalized spacial score (nSPS) is 11.9. The first kappa shape index (κ1) is 30.5. The summed E-state index contributed by atoms with van der Waals surface area (Å²) < 4.78 is 42.8. The zero-order valence-electron chi connectivity index (χ0n) is 23.6. The highest BCUT2D eigenvalue weighted by Gasteiger charge is 2.34. The van der Waals surface area contributed by atoms with Crippen molar-refractivity contribution >= 4 is 27.5 Å². The molecule has 0 heterocycles. The second-order valence-electron chi connectivity index (χ2n) is 9.86. The lowest BCUT2D eigenvalue weighted by Crippen LogP contribution is -2.53. The van der Waals surface area contributed by atoms with E-state index in [0.29, 0.717) is 23.4 Å². The predicted octanol–water partition coefficient (Wildman–Crippen LogP) is 5.11. The van der Waals surface area contributed by atoms with Gasteiger partial charge in [0, 0.05) is 19.5 Å². The van der Waals surface area contributed by atoms with Crippen LogP contribution in [0.1, 0.15) is 23.6 Å². The molecule has 0 radical (unpaired) electrons. The fourth-order valence-electron chi connectivity index (χ4n) is 4.71. The van der Waals surface area contributed by atoms with Gasteiger partial charge in [-0.3, -0.25) is 13.9 Å². The maximum Gasteiger partial charge on any atom is 0.264 e. The topological polar surface area (TPSA) is 86.8 Å². The minimum atomic E-state index is -4.16. The molecule has 0 aliphatic rings. The number of halogens is 1. The van der Waals surface area contributed by atoms with Gasteiger partial charge in [-0.1, -0.05) is 78.9 Å². The molecule has 4 aromatic carbocycles. The monoisotopic (exact) mass is 587 g/mol. The van der Waals surface area contributed by atoms with E-state index in [1.54, 1.807) is 68.4 Å². The van der Waals surface area contributed by atoms with E-state index in [1.165, 1.54) is 29.2 Å². The van der Waals surface area contributed by atoms with Gasteiger partial charge in [-0.25, -0.2) is 12.8 Å². The number of para-hydroxylation sites is 1.